The number of hydrogen-bond donors (Lipinski definition) is 2. The van der Waals surface area contributed by atoms with Crippen molar-refractivity contribution in [2.45, 2.75) is 50.9 Å². The van der Waals surface area contributed by atoms with Crippen LogP contribution in [0.4, 0.5) is 41.6 Å². The second-order valence-electron chi connectivity index (χ2n) is 13.2. The number of nitriles is 1. The first kappa shape index (κ1) is 29.9. The van der Waals surface area contributed by atoms with E-state index in [4.69, 9.17) is 14.6 Å². The first-order chi connectivity index (χ1) is 24.4. The molecule has 3 saturated heterocycles. The summed E-state index contributed by atoms with van der Waals surface area (Å²) < 4.78 is 136. The van der Waals surface area contributed by atoms with Gasteiger partial charge in [-0.3, -0.25) is 0 Å². The van der Waals surface area contributed by atoms with E-state index in [2.05, 4.69) is 15.3 Å². The summed E-state index contributed by atoms with van der Waals surface area (Å²) in [6.07, 6.45) is -6.66. The third kappa shape index (κ3) is 5.79. The van der Waals surface area contributed by atoms with Crippen molar-refractivity contribution in [1.29, 1.82) is 5.26 Å². The van der Waals surface area contributed by atoms with Crippen molar-refractivity contribution in [3.8, 4) is 23.2 Å². The van der Waals surface area contributed by atoms with Crippen LogP contribution in [0.25, 0.3) is 32.1 Å². The van der Waals surface area contributed by atoms with Crippen LogP contribution >= 0.6 is 11.3 Å². The van der Waals surface area contributed by atoms with Crippen LogP contribution in [0.5, 0.6) is 6.01 Å². The Bertz CT molecular complexity index is 2100. The standard InChI is InChI=1S/C33H32F7N7OS/c1-32(13-46(2)8-7-19(32)28(36)37)14-48-31-44-27-17(30(45-31)47-11-15-3-4-16(12-47)43-15)9-20(33(38,39)40)24(26(27)35)25-21(34)5-6-22-23(25)18(10-41)29(42)49-22/h5-6,9,15-16,19,28,43H,3-4,7-8,11-14,42H2,1-2H3/t15-,16+,19-,32+/m1/s1/i2D3. The molecule has 0 saturated carbocycles. The molecule has 8 nitrogen and oxygen atoms in total. The molecule has 0 spiro atoms. The molecule has 4 aromatic rings. The number of thiophene rings is 1. The lowest BCUT2D eigenvalue weighted by atomic mass is 9.73. The molecule has 0 unspecified atom stereocenters. The molecule has 3 fully saturated rings. The number of rotatable bonds is 6. The number of nitrogens with zero attached hydrogens (tertiary/aromatic N) is 5. The number of benzene rings is 2. The van der Waals surface area contributed by atoms with Gasteiger partial charge in [0.25, 0.3) is 0 Å². The molecule has 49 heavy (non-hydrogen) atoms. The predicted molar refractivity (Wildman–Crippen MR) is 172 cm³/mol. The number of fused-ring (bicyclic) bond motifs is 4. The zero-order chi connectivity index (χ0) is 37.5. The summed E-state index contributed by atoms with van der Waals surface area (Å²) in [7, 11) is 0. The van der Waals surface area contributed by atoms with Gasteiger partial charge in [-0.15, -0.1) is 11.3 Å². The van der Waals surface area contributed by atoms with Crippen molar-refractivity contribution in [3.63, 3.8) is 0 Å². The lowest BCUT2D eigenvalue weighted by molar-refractivity contribution is -0.137. The van der Waals surface area contributed by atoms with E-state index in [-0.39, 0.29) is 63.4 Å². The minimum absolute atomic E-state index is 0.0432. The van der Waals surface area contributed by atoms with Gasteiger partial charge in [-0.25, -0.2) is 17.6 Å². The van der Waals surface area contributed by atoms with E-state index in [9.17, 15) is 27.2 Å². The van der Waals surface area contributed by atoms with E-state index >= 15 is 8.78 Å². The smallest absolute Gasteiger partial charge is 0.417 e. The third-order valence-corrected chi connectivity index (χ3v) is 10.9. The van der Waals surface area contributed by atoms with Crippen LogP contribution in [-0.2, 0) is 6.18 Å². The monoisotopic (exact) mass is 710 g/mol. The van der Waals surface area contributed by atoms with Gasteiger partial charge < -0.3 is 25.6 Å². The highest BCUT2D eigenvalue weighted by Crippen LogP contribution is 2.49. The molecule has 7 rings (SSSR count). The van der Waals surface area contributed by atoms with Gasteiger partial charge in [0.1, 0.15) is 28.2 Å². The van der Waals surface area contributed by atoms with Crippen molar-refractivity contribution < 1.29 is 39.6 Å². The maximum atomic E-state index is 17.1. The predicted octanol–water partition coefficient (Wildman–Crippen LogP) is 6.80. The van der Waals surface area contributed by atoms with Gasteiger partial charge in [-0.05, 0) is 51.0 Å². The average molecular weight is 711 g/mol. The third-order valence-electron chi connectivity index (χ3n) is 9.90. The minimum Gasteiger partial charge on any atom is -0.463 e. The first-order valence-electron chi connectivity index (χ1n) is 17.1. The van der Waals surface area contributed by atoms with Crippen molar-refractivity contribution in [1.82, 2.24) is 20.2 Å². The number of alkyl halides is 5. The molecular weight excluding hydrogens is 675 g/mol. The van der Waals surface area contributed by atoms with E-state index in [1.807, 2.05) is 0 Å². The molecule has 4 atom stereocenters. The zero-order valence-electron chi connectivity index (χ0n) is 29.0. The van der Waals surface area contributed by atoms with Crippen LogP contribution in [0.2, 0.25) is 0 Å². The Morgan fingerprint density at radius 3 is 2.57 bits per heavy atom. The summed E-state index contributed by atoms with van der Waals surface area (Å²) in [5, 5.41) is 12.5. The Kier molecular flexibility index (Phi) is 7.41. The Balaban J connectivity index is 1.43. The van der Waals surface area contributed by atoms with Gasteiger partial charge in [0.05, 0.1) is 17.7 Å². The van der Waals surface area contributed by atoms with Gasteiger partial charge in [-0.1, -0.05) is 6.92 Å². The van der Waals surface area contributed by atoms with Gasteiger partial charge in [0.2, 0.25) is 6.43 Å². The van der Waals surface area contributed by atoms with E-state index in [0.717, 1.165) is 35.1 Å². The number of piperidine rings is 1. The van der Waals surface area contributed by atoms with Crippen molar-refractivity contribution in [2.24, 2.45) is 11.3 Å². The molecule has 3 N–H and O–H groups in total. The summed E-state index contributed by atoms with van der Waals surface area (Å²) in [5.74, 6) is -4.20. The van der Waals surface area contributed by atoms with E-state index < -0.39 is 77.4 Å². The fourth-order valence-corrected chi connectivity index (χ4v) is 8.49. The van der Waals surface area contributed by atoms with E-state index in [1.165, 1.54) is 13.0 Å². The molecule has 0 radical (unpaired) electrons. The van der Waals surface area contributed by atoms with E-state index in [1.54, 1.807) is 11.0 Å². The topological polar surface area (TPSA) is 103 Å². The number of ether oxygens (including phenoxy) is 1. The number of nitrogen functional groups attached to an aromatic ring is 1. The maximum Gasteiger partial charge on any atom is 0.417 e. The van der Waals surface area contributed by atoms with Crippen LogP contribution in [0.1, 0.15) is 41.4 Å². The fourth-order valence-electron chi connectivity index (χ4n) is 7.56. The molecule has 2 aromatic carbocycles. The van der Waals surface area contributed by atoms with Gasteiger partial charge >= 0.3 is 12.2 Å². The Morgan fingerprint density at radius 2 is 1.92 bits per heavy atom. The number of nitrogens with two attached hydrogens (primary N) is 1. The quantitative estimate of drug-likeness (QED) is 0.211. The molecule has 260 valence electrons. The van der Waals surface area contributed by atoms with Gasteiger partial charge in [0, 0.05) is 73.8 Å². The molecule has 5 heterocycles. The van der Waals surface area contributed by atoms with Crippen molar-refractivity contribution in [2.75, 3.05) is 50.4 Å². The fraction of sp³-hybridized carbons (Fsp3) is 0.485. The second kappa shape index (κ2) is 12.1. The lowest BCUT2D eigenvalue weighted by Crippen LogP contribution is -2.51. The number of piperazine rings is 1. The van der Waals surface area contributed by atoms with Crippen molar-refractivity contribution >= 4 is 43.1 Å². The molecule has 3 aliphatic rings. The van der Waals surface area contributed by atoms with Crippen molar-refractivity contribution in [3.05, 3.63) is 41.0 Å². The minimum atomic E-state index is -5.23. The molecular formula is C33H32F7N7OS. The number of likely N-dealkylation sites (tertiary alicyclic amines) is 1. The highest BCUT2D eigenvalue weighted by molar-refractivity contribution is 7.23. The molecule has 2 bridgehead atoms. The summed E-state index contributed by atoms with van der Waals surface area (Å²) in [6.45, 7) is -1.50. The summed E-state index contributed by atoms with van der Waals surface area (Å²) in [4.78, 5) is 11.4. The highest BCUT2D eigenvalue weighted by atomic mass is 32.1. The van der Waals surface area contributed by atoms with E-state index in [0.29, 0.717) is 19.2 Å². The number of hydrogen-bond acceptors (Lipinski definition) is 9. The largest absolute Gasteiger partial charge is 0.463 e. The molecule has 2 aromatic heterocycles. The van der Waals surface area contributed by atoms with Gasteiger partial charge in [-0.2, -0.15) is 28.4 Å². The Labute approximate surface area is 284 Å². The number of halogens is 7. The lowest BCUT2D eigenvalue weighted by Gasteiger charge is -2.44. The number of aromatic nitrogens is 2. The van der Waals surface area contributed by atoms with Crippen LogP contribution in [0.3, 0.4) is 0 Å². The summed E-state index contributed by atoms with van der Waals surface area (Å²) in [6, 6.07) is 3.90. The average Bonchev–Trinajstić information content (AvgIpc) is 3.58. The first-order valence-corrected chi connectivity index (χ1v) is 16.4. The van der Waals surface area contributed by atoms with Crippen LogP contribution in [-0.4, -0.2) is 73.1 Å². The Hall–Kier alpha value is -3.94. The molecule has 3 aliphatic heterocycles. The Morgan fingerprint density at radius 1 is 1.18 bits per heavy atom. The maximum absolute atomic E-state index is 17.1. The normalized spacial score (nSPS) is 25.8. The highest BCUT2D eigenvalue weighted by Gasteiger charge is 2.45. The zero-order valence-corrected chi connectivity index (χ0v) is 26.8. The number of anilines is 2. The second-order valence-corrected chi connectivity index (χ2v) is 14.3. The molecule has 0 amide bonds. The number of nitrogens with one attached hydrogen (secondary N) is 1. The van der Waals surface area contributed by atoms with Gasteiger partial charge in [0.15, 0.2) is 5.82 Å². The van der Waals surface area contributed by atoms with Crippen LogP contribution in [0, 0.1) is 34.3 Å². The molecule has 0 aliphatic carbocycles. The molecule has 16 heteroatoms. The summed E-state index contributed by atoms with van der Waals surface area (Å²) >= 11 is 0.832. The van der Waals surface area contributed by atoms with Crippen LogP contribution < -0.4 is 20.7 Å². The van der Waals surface area contributed by atoms with Crippen LogP contribution in [0.15, 0.2) is 18.2 Å². The SMILES string of the molecule is [2H]C([2H])([2H])N1CC[C@H](C(F)F)[C@](C)(COc2nc(N3C[C@H]4CC[C@@H](C3)N4)c3cc(C(F)(F)F)c(-c4c(F)ccc5sc(N)c(C#N)c45)c(F)c3n2)C1. The summed E-state index contributed by atoms with van der Waals surface area (Å²) in [5.41, 5.74) is -0.0213.